The first kappa shape index (κ1) is 19.6. The van der Waals surface area contributed by atoms with Gasteiger partial charge in [-0.05, 0) is 48.6 Å². The monoisotopic (exact) mass is 437 g/mol. The Bertz CT molecular complexity index is 1210. The van der Waals surface area contributed by atoms with E-state index in [0.29, 0.717) is 18.0 Å². The molecule has 154 valence electrons. The number of aromatic nitrogens is 2. The van der Waals surface area contributed by atoms with Crippen molar-refractivity contribution in [2.24, 2.45) is 0 Å². The van der Waals surface area contributed by atoms with Gasteiger partial charge in [0, 0.05) is 12.2 Å². The minimum Gasteiger partial charge on any atom is -0.376 e. The lowest BCUT2D eigenvalue weighted by atomic mass is 10.0. The van der Waals surface area contributed by atoms with Crippen LogP contribution < -0.4 is 4.90 Å². The van der Waals surface area contributed by atoms with Crippen LogP contribution in [-0.2, 0) is 4.74 Å². The van der Waals surface area contributed by atoms with Crippen LogP contribution in [0.1, 0.15) is 48.5 Å². The molecule has 1 amide bonds. The predicted octanol–water partition coefficient (Wildman–Crippen LogP) is 5.86. The maximum atomic E-state index is 13.6. The Balaban J connectivity index is 1.56. The van der Waals surface area contributed by atoms with Gasteiger partial charge in [-0.1, -0.05) is 37.3 Å². The van der Waals surface area contributed by atoms with Crippen LogP contribution in [-0.4, -0.2) is 35.1 Å². The average molecular weight is 438 g/mol. The van der Waals surface area contributed by atoms with Crippen LogP contribution in [0.5, 0.6) is 0 Å². The number of benzene rings is 2. The molecule has 2 aromatic carbocycles. The van der Waals surface area contributed by atoms with Gasteiger partial charge in [-0.2, -0.15) is 0 Å². The average Bonchev–Trinajstić information content (AvgIpc) is 3.50. The molecule has 1 saturated heterocycles. The molecule has 1 fully saturated rings. The zero-order chi connectivity index (χ0) is 20.7. The van der Waals surface area contributed by atoms with Crippen LogP contribution in [0.25, 0.3) is 20.4 Å². The first-order valence-electron chi connectivity index (χ1n) is 10.3. The number of amides is 1. The van der Waals surface area contributed by atoms with Crippen molar-refractivity contribution in [2.75, 3.05) is 18.1 Å². The molecule has 0 spiro atoms. The number of hydrogen-bond donors (Lipinski definition) is 0. The summed E-state index contributed by atoms with van der Waals surface area (Å²) in [4.78, 5) is 24.7. The van der Waals surface area contributed by atoms with Crippen LogP contribution in [0.3, 0.4) is 0 Å². The van der Waals surface area contributed by atoms with Gasteiger partial charge in [-0.15, -0.1) is 11.3 Å². The fourth-order valence-electron chi connectivity index (χ4n) is 3.92. The van der Waals surface area contributed by atoms with Crippen molar-refractivity contribution in [3.05, 3.63) is 53.0 Å². The number of carbonyl (C=O) groups excluding carboxylic acids is 1. The summed E-state index contributed by atoms with van der Waals surface area (Å²) in [5, 5.41) is 0.739. The van der Waals surface area contributed by atoms with Gasteiger partial charge in [0.05, 0.1) is 38.6 Å². The summed E-state index contributed by atoms with van der Waals surface area (Å²) in [5.74, 6) is 0.339. The van der Waals surface area contributed by atoms with Gasteiger partial charge >= 0.3 is 0 Å². The standard InChI is InChI=1S/C23H23N3O2S2/c1-14(2)17-6-3-7-19-21(17)25-23(30-19)26(12-16-5-4-10-28-16)22(27)15-8-9-18-20(11-15)29-13-24-18/h3,6-9,11,13-14,16H,4-5,10,12H2,1-2H3. The third kappa shape index (κ3) is 3.62. The van der Waals surface area contributed by atoms with Crippen molar-refractivity contribution in [1.82, 2.24) is 9.97 Å². The molecule has 1 unspecified atom stereocenters. The first-order chi connectivity index (χ1) is 14.6. The van der Waals surface area contributed by atoms with Crippen LogP contribution in [0, 0.1) is 0 Å². The zero-order valence-electron chi connectivity index (χ0n) is 17.0. The highest BCUT2D eigenvalue weighted by Gasteiger charge is 2.27. The van der Waals surface area contributed by atoms with E-state index in [1.165, 1.54) is 5.56 Å². The topological polar surface area (TPSA) is 55.3 Å². The maximum Gasteiger partial charge on any atom is 0.260 e. The van der Waals surface area contributed by atoms with Crippen LogP contribution in [0.2, 0.25) is 0 Å². The third-order valence-electron chi connectivity index (χ3n) is 5.53. The van der Waals surface area contributed by atoms with E-state index in [1.807, 2.05) is 28.6 Å². The highest BCUT2D eigenvalue weighted by Crippen LogP contribution is 2.35. The summed E-state index contributed by atoms with van der Waals surface area (Å²) < 4.78 is 7.99. The second-order valence-electron chi connectivity index (χ2n) is 7.93. The number of rotatable bonds is 5. The summed E-state index contributed by atoms with van der Waals surface area (Å²) >= 11 is 3.13. The summed E-state index contributed by atoms with van der Waals surface area (Å²) in [5.41, 5.74) is 5.60. The van der Waals surface area contributed by atoms with E-state index in [9.17, 15) is 4.79 Å². The molecular weight excluding hydrogens is 414 g/mol. The Hall–Kier alpha value is -2.35. The molecule has 0 N–H and O–H groups in total. The number of para-hydroxylation sites is 1. The number of ether oxygens (including phenoxy) is 1. The van der Waals surface area contributed by atoms with Crippen molar-refractivity contribution in [3.8, 4) is 0 Å². The van der Waals surface area contributed by atoms with Gasteiger partial charge in [0.1, 0.15) is 0 Å². The van der Waals surface area contributed by atoms with Gasteiger partial charge in [-0.25, -0.2) is 9.97 Å². The van der Waals surface area contributed by atoms with Crippen molar-refractivity contribution in [2.45, 2.75) is 38.7 Å². The highest BCUT2D eigenvalue weighted by molar-refractivity contribution is 7.22. The van der Waals surface area contributed by atoms with Crippen molar-refractivity contribution in [3.63, 3.8) is 0 Å². The first-order valence-corrected chi connectivity index (χ1v) is 12.0. The number of fused-ring (bicyclic) bond motifs is 2. The molecule has 3 heterocycles. The number of carbonyl (C=O) groups is 1. The highest BCUT2D eigenvalue weighted by atomic mass is 32.1. The Labute approximate surface area is 183 Å². The normalized spacial score (nSPS) is 16.7. The SMILES string of the molecule is CC(C)c1cccc2sc(N(CC3CCCO3)C(=O)c3ccc4ncsc4c3)nc12. The molecule has 5 rings (SSSR count). The predicted molar refractivity (Wildman–Crippen MR) is 124 cm³/mol. The molecule has 5 nitrogen and oxygen atoms in total. The molecule has 0 saturated carbocycles. The van der Waals surface area contributed by atoms with E-state index in [-0.39, 0.29) is 12.0 Å². The summed E-state index contributed by atoms with van der Waals surface area (Å²) in [6.45, 7) is 5.63. The van der Waals surface area contributed by atoms with Gasteiger partial charge in [0.15, 0.2) is 5.13 Å². The molecule has 0 bridgehead atoms. The van der Waals surface area contributed by atoms with Gasteiger partial charge in [-0.3, -0.25) is 9.69 Å². The van der Waals surface area contributed by atoms with E-state index in [2.05, 4.69) is 37.0 Å². The molecule has 1 aliphatic heterocycles. The van der Waals surface area contributed by atoms with E-state index < -0.39 is 0 Å². The minimum atomic E-state index is -0.0362. The van der Waals surface area contributed by atoms with Crippen LogP contribution in [0.15, 0.2) is 41.9 Å². The Morgan fingerprint density at radius 2 is 2.17 bits per heavy atom. The zero-order valence-corrected chi connectivity index (χ0v) is 18.6. The van der Waals surface area contributed by atoms with E-state index >= 15 is 0 Å². The smallest absolute Gasteiger partial charge is 0.260 e. The van der Waals surface area contributed by atoms with Crippen LogP contribution in [0.4, 0.5) is 5.13 Å². The molecule has 0 aliphatic carbocycles. The lowest BCUT2D eigenvalue weighted by Crippen LogP contribution is -2.37. The molecule has 1 aliphatic rings. The van der Waals surface area contributed by atoms with Crippen LogP contribution >= 0.6 is 22.7 Å². The fourth-order valence-corrected chi connectivity index (χ4v) is 5.65. The van der Waals surface area contributed by atoms with E-state index in [0.717, 1.165) is 45.0 Å². The molecule has 0 radical (unpaired) electrons. The summed E-state index contributed by atoms with van der Waals surface area (Å²) in [7, 11) is 0. The largest absolute Gasteiger partial charge is 0.376 e. The minimum absolute atomic E-state index is 0.0362. The second-order valence-corrected chi connectivity index (χ2v) is 9.83. The summed E-state index contributed by atoms with van der Waals surface area (Å²) in [6, 6.07) is 12.0. The lowest BCUT2D eigenvalue weighted by Gasteiger charge is -2.23. The van der Waals surface area contributed by atoms with Crippen molar-refractivity contribution in [1.29, 1.82) is 0 Å². The molecule has 2 aromatic heterocycles. The Morgan fingerprint density at radius 1 is 1.27 bits per heavy atom. The maximum absolute atomic E-state index is 13.6. The van der Waals surface area contributed by atoms with Crippen molar-refractivity contribution >= 4 is 54.1 Å². The summed E-state index contributed by atoms with van der Waals surface area (Å²) in [6.07, 6.45) is 2.06. The number of hydrogen-bond acceptors (Lipinski definition) is 6. The van der Waals surface area contributed by atoms with E-state index in [4.69, 9.17) is 9.72 Å². The number of thiazole rings is 2. The fraction of sp³-hybridized carbons (Fsp3) is 0.348. The molecule has 4 aromatic rings. The molecule has 30 heavy (non-hydrogen) atoms. The van der Waals surface area contributed by atoms with Gasteiger partial charge in [0.2, 0.25) is 0 Å². The number of nitrogens with zero attached hydrogens (tertiary/aromatic N) is 3. The number of anilines is 1. The van der Waals surface area contributed by atoms with Gasteiger partial charge < -0.3 is 4.74 Å². The Kier molecular flexibility index (Phi) is 5.26. The lowest BCUT2D eigenvalue weighted by molar-refractivity contribution is 0.0917. The second kappa shape index (κ2) is 8.06. The molecule has 1 atom stereocenters. The Morgan fingerprint density at radius 3 is 2.97 bits per heavy atom. The molecular formula is C23H23N3O2S2. The third-order valence-corrected chi connectivity index (χ3v) is 7.36. The quantitative estimate of drug-likeness (QED) is 0.393. The van der Waals surface area contributed by atoms with Gasteiger partial charge in [0.25, 0.3) is 5.91 Å². The molecule has 7 heteroatoms. The van der Waals surface area contributed by atoms with Crippen molar-refractivity contribution < 1.29 is 9.53 Å². The van der Waals surface area contributed by atoms with E-state index in [1.54, 1.807) is 22.7 Å².